The lowest BCUT2D eigenvalue weighted by Crippen LogP contribution is -2.28. The highest BCUT2D eigenvalue weighted by atomic mass is 32.1. The zero-order valence-corrected chi connectivity index (χ0v) is 6.62. The van der Waals surface area contributed by atoms with Crippen LogP contribution in [0.5, 0.6) is 0 Å². The van der Waals surface area contributed by atoms with Gasteiger partial charge in [-0.2, -0.15) is 0 Å². The van der Waals surface area contributed by atoms with E-state index in [9.17, 15) is 4.79 Å². The Kier molecular flexibility index (Phi) is 2.21. The van der Waals surface area contributed by atoms with Crippen LogP contribution >= 0.6 is 12.2 Å². The Morgan fingerprint density at radius 1 is 1.70 bits per heavy atom. The largest absolute Gasteiger partial charge is 0.351 e. The van der Waals surface area contributed by atoms with Crippen molar-refractivity contribution >= 4 is 23.2 Å². The van der Waals surface area contributed by atoms with Crippen molar-refractivity contribution in [3.63, 3.8) is 0 Å². The minimum Gasteiger partial charge on any atom is -0.351 e. The van der Waals surface area contributed by atoms with Gasteiger partial charge in [-0.1, -0.05) is 13.3 Å². The molecule has 4 heteroatoms. The van der Waals surface area contributed by atoms with Crippen LogP contribution in [0.25, 0.3) is 0 Å². The number of hydrogen-bond acceptors (Lipinski definition) is 2. The molecule has 1 aliphatic heterocycles. The van der Waals surface area contributed by atoms with E-state index in [-0.39, 0.29) is 11.9 Å². The van der Waals surface area contributed by atoms with Crippen molar-refractivity contribution in [2.75, 3.05) is 0 Å². The zero-order chi connectivity index (χ0) is 7.56. The third kappa shape index (κ3) is 1.44. The first kappa shape index (κ1) is 7.47. The Morgan fingerprint density at radius 3 is 2.80 bits per heavy atom. The smallest absolute Gasteiger partial charge is 0.248 e. The third-order valence-corrected chi connectivity index (χ3v) is 1.66. The maximum absolute atomic E-state index is 10.9. The van der Waals surface area contributed by atoms with Gasteiger partial charge in [0.15, 0.2) is 5.11 Å². The van der Waals surface area contributed by atoms with Crippen LogP contribution in [0.3, 0.4) is 0 Å². The SMILES string of the molecule is CCCC1NC(=S)NC1=O. The van der Waals surface area contributed by atoms with Gasteiger partial charge in [0.1, 0.15) is 6.04 Å². The van der Waals surface area contributed by atoms with Gasteiger partial charge in [0.25, 0.3) is 0 Å². The molecular formula is C6H10N2OS. The molecule has 1 rings (SSSR count). The van der Waals surface area contributed by atoms with Crippen molar-refractivity contribution in [1.82, 2.24) is 10.6 Å². The summed E-state index contributed by atoms with van der Waals surface area (Å²) in [6.07, 6.45) is 1.85. The Morgan fingerprint density at radius 2 is 2.40 bits per heavy atom. The minimum atomic E-state index is -0.0856. The average molecular weight is 158 g/mol. The van der Waals surface area contributed by atoms with E-state index in [0.717, 1.165) is 12.8 Å². The molecule has 0 radical (unpaired) electrons. The topological polar surface area (TPSA) is 41.1 Å². The highest BCUT2D eigenvalue weighted by Gasteiger charge is 2.25. The van der Waals surface area contributed by atoms with Crippen molar-refractivity contribution < 1.29 is 4.79 Å². The lowest BCUT2D eigenvalue weighted by Gasteiger charge is -2.02. The summed E-state index contributed by atoms with van der Waals surface area (Å²) in [5, 5.41) is 5.87. The van der Waals surface area contributed by atoms with Crippen LogP contribution < -0.4 is 10.6 Å². The van der Waals surface area contributed by atoms with Gasteiger partial charge < -0.3 is 10.6 Å². The second-order valence-electron chi connectivity index (χ2n) is 2.30. The fourth-order valence-corrected chi connectivity index (χ4v) is 1.19. The molecule has 0 spiro atoms. The van der Waals surface area contributed by atoms with Gasteiger partial charge in [-0.15, -0.1) is 0 Å². The van der Waals surface area contributed by atoms with E-state index >= 15 is 0 Å². The molecule has 0 aromatic rings. The monoisotopic (exact) mass is 158 g/mol. The van der Waals surface area contributed by atoms with Crippen LogP contribution in [0, 0.1) is 0 Å². The molecule has 1 fully saturated rings. The van der Waals surface area contributed by atoms with E-state index in [4.69, 9.17) is 12.2 Å². The Labute approximate surface area is 65.2 Å². The Bertz CT molecular complexity index is 169. The number of nitrogens with one attached hydrogen (secondary N) is 2. The van der Waals surface area contributed by atoms with Crippen molar-refractivity contribution in [2.24, 2.45) is 0 Å². The second kappa shape index (κ2) is 2.96. The molecule has 1 atom stereocenters. The summed E-state index contributed by atoms with van der Waals surface area (Å²) in [5.41, 5.74) is 0. The number of rotatable bonds is 2. The van der Waals surface area contributed by atoms with Crippen LogP contribution in [0.1, 0.15) is 19.8 Å². The molecule has 3 nitrogen and oxygen atoms in total. The molecule has 10 heavy (non-hydrogen) atoms. The Balaban J connectivity index is 2.46. The summed E-state index contributed by atoms with van der Waals surface area (Å²) in [7, 11) is 0. The molecule has 2 N–H and O–H groups in total. The number of hydrogen-bond donors (Lipinski definition) is 2. The standard InChI is InChI=1S/C6H10N2OS/c1-2-3-4-5(9)8-6(10)7-4/h4H,2-3H2,1H3,(H2,7,8,9,10). The molecule has 0 aromatic carbocycles. The first-order valence-corrected chi connectivity index (χ1v) is 3.76. The summed E-state index contributed by atoms with van der Waals surface area (Å²) in [5.74, 6) is 0.00634. The summed E-state index contributed by atoms with van der Waals surface area (Å²) in [6.45, 7) is 2.04. The molecule has 0 aliphatic carbocycles. The van der Waals surface area contributed by atoms with Crippen LogP contribution in [-0.2, 0) is 4.79 Å². The quantitative estimate of drug-likeness (QED) is 0.562. The van der Waals surface area contributed by atoms with Crippen LogP contribution in [-0.4, -0.2) is 17.1 Å². The maximum atomic E-state index is 10.9. The normalized spacial score (nSPS) is 24.3. The average Bonchev–Trinajstić information content (AvgIpc) is 2.13. The van der Waals surface area contributed by atoms with Gasteiger partial charge in [0.05, 0.1) is 0 Å². The van der Waals surface area contributed by atoms with Crippen molar-refractivity contribution in [3.05, 3.63) is 0 Å². The maximum Gasteiger partial charge on any atom is 0.248 e. The number of carbonyl (C=O) groups excluding carboxylic acids is 1. The number of amides is 1. The molecule has 1 amide bonds. The first-order chi connectivity index (χ1) is 4.74. The highest BCUT2D eigenvalue weighted by molar-refractivity contribution is 7.80. The van der Waals surface area contributed by atoms with Gasteiger partial charge in [0.2, 0.25) is 5.91 Å². The van der Waals surface area contributed by atoms with Crippen LogP contribution in [0.15, 0.2) is 0 Å². The molecule has 1 unspecified atom stereocenters. The molecule has 56 valence electrons. The van der Waals surface area contributed by atoms with E-state index < -0.39 is 0 Å². The van der Waals surface area contributed by atoms with Crippen molar-refractivity contribution in [2.45, 2.75) is 25.8 Å². The molecule has 1 aliphatic rings. The summed E-state index contributed by atoms with van der Waals surface area (Å²) in [4.78, 5) is 10.9. The van der Waals surface area contributed by atoms with Gasteiger partial charge >= 0.3 is 0 Å². The lowest BCUT2D eigenvalue weighted by molar-refractivity contribution is -0.120. The van der Waals surface area contributed by atoms with E-state index in [0.29, 0.717) is 5.11 Å². The lowest BCUT2D eigenvalue weighted by atomic mass is 10.2. The van der Waals surface area contributed by atoms with E-state index in [1.165, 1.54) is 0 Å². The number of carbonyl (C=O) groups is 1. The summed E-state index contributed by atoms with van der Waals surface area (Å²) < 4.78 is 0. The molecule has 1 heterocycles. The minimum absolute atomic E-state index is 0.00634. The Hall–Kier alpha value is -0.640. The highest BCUT2D eigenvalue weighted by Crippen LogP contribution is 2.00. The molecular weight excluding hydrogens is 148 g/mol. The van der Waals surface area contributed by atoms with Crippen LogP contribution in [0.2, 0.25) is 0 Å². The fraction of sp³-hybridized carbons (Fsp3) is 0.667. The molecule has 0 saturated carbocycles. The predicted molar refractivity (Wildman–Crippen MR) is 42.6 cm³/mol. The third-order valence-electron chi connectivity index (χ3n) is 1.44. The van der Waals surface area contributed by atoms with Gasteiger partial charge in [-0.05, 0) is 18.6 Å². The zero-order valence-electron chi connectivity index (χ0n) is 5.81. The van der Waals surface area contributed by atoms with Crippen molar-refractivity contribution in [1.29, 1.82) is 0 Å². The van der Waals surface area contributed by atoms with E-state index in [1.54, 1.807) is 0 Å². The van der Waals surface area contributed by atoms with E-state index in [2.05, 4.69) is 10.6 Å². The summed E-state index contributed by atoms with van der Waals surface area (Å²) in [6, 6.07) is -0.0856. The van der Waals surface area contributed by atoms with Gasteiger partial charge in [-0.3, -0.25) is 4.79 Å². The molecule has 0 bridgehead atoms. The summed E-state index contributed by atoms with van der Waals surface area (Å²) >= 11 is 4.74. The van der Waals surface area contributed by atoms with E-state index in [1.807, 2.05) is 6.92 Å². The molecule has 0 aromatic heterocycles. The van der Waals surface area contributed by atoms with Crippen LogP contribution in [0.4, 0.5) is 0 Å². The number of thiocarbonyl (C=S) groups is 1. The fourth-order valence-electron chi connectivity index (χ4n) is 0.951. The van der Waals surface area contributed by atoms with Crippen molar-refractivity contribution in [3.8, 4) is 0 Å². The van der Waals surface area contributed by atoms with Gasteiger partial charge in [-0.25, -0.2) is 0 Å². The second-order valence-corrected chi connectivity index (χ2v) is 2.71. The predicted octanol–water partition coefficient (Wildman–Crippen LogP) is 0.159. The molecule has 1 saturated heterocycles. The first-order valence-electron chi connectivity index (χ1n) is 3.35. The van der Waals surface area contributed by atoms with Gasteiger partial charge in [0, 0.05) is 0 Å².